The fourth-order valence-electron chi connectivity index (χ4n) is 3.33. The minimum Gasteiger partial charge on any atom is -0.352 e. The van der Waals surface area contributed by atoms with Gasteiger partial charge in [0.1, 0.15) is 6.04 Å². The van der Waals surface area contributed by atoms with E-state index in [9.17, 15) is 9.59 Å². The zero-order chi connectivity index (χ0) is 21.1. The summed E-state index contributed by atoms with van der Waals surface area (Å²) in [7, 11) is 0. The van der Waals surface area contributed by atoms with Gasteiger partial charge in [0.15, 0.2) is 0 Å². The summed E-state index contributed by atoms with van der Waals surface area (Å²) in [5.41, 5.74) is 2.86. The van der Waals surface area contributed by atoms with Crippen molar-refractivity contribution in [3.63, 3.8) is 0 Å². The minimum atomic E-state index is -0.658. The highest BCUT2D eigenvalue weighted by Crippen LogP contribution is 2.20. The summed E-state index contributed by atoms with van der Waals surface area (Å²) in [6.07, 6.45) is 3.92. The number of carbonyl (C=O) groups is 2. The quantitative estimate of drug-likeness (QED) is 0.612. The second-order valence-electron chi connectivity index (χ2n) is 7.53. The van der Waals surface area contributed by atoms with Crippen molar-refractivity contribution in [2.75, 3.05) is 0 Å². The average Bonchev–Trinajstić information content (AvgIpc) is 3.46. The Balaban J connectivity index is 1.54. The third kappa shape index (κ3) is 4.71. The van der Waals surface area contributed by atoms with Crippen LogP contribution < -0.4 is 10.6 Å². The lowest BCUT2D eigenvalue weighted by atomic mass is 10.0. The summed E-state index contributed by atoms with van der Waals surface area (Å²) in [5, 5.41) is 10.8. The number of amides is 2. The molecular weight excluding hydrogens is 400 g/mol. The van der Waals surface area contributed by atoms with E-state index < -0.39 is 6.04 Å². The molecule has 1 aliphatic carbocycles. The number of rotatable bonds is 7. The van der Waals surface area contributed by atoms with E-state index in [0.717, 1.165) is 24.1 Å². The van der Waals surface area contributed by atoms with Crippen molar-refractivity contribution in [1.29, 1.82) is 0 Å². The van der Waals surface area contributed by atoms with Crippen LogP contribution in [0.2, 0.25) is 5.02 Å². The first-order chi connectivity index (χ1) is 14.5. The van der Waals surface area contributed by atoms with Crippen LogP contribution in [0.3, 0.4) is 0 Å². The molecule has 2 aromatic carbocycles. The van der Waals surface area contributed by atoms with Crippen molar-refractivity contribution >= 4 is 23.4 Å². The van der Waals surface area contributed by atoms with Gasteiger partial charge in [-0.3, -0.25) is 9.59 Å². The van der Waals surface area contributed by atoms with Crippen LogP contribution in [-0.2, 0) is 11.2 Å². The molecule has 1 saturated carbocycles. The van der Waals surface area contributed by atoms with Gasteiger partial charge in [-0.2, -0.15) is 5.10 Å². The standard InChI is InChI=1S/C23H23ClN4O2/c1-15-20(14-25-28(15)19-9-5-8-17(24)13-19)22(29)27-21(23(30)26-18-10-11-18)12-16-6-3-2-4-7-16/h2-9,13-14,18,21H,10-12H2,1H3,(H,26,30)(H,27,29). The largest absolute Gasteiger partial charge is 0.352 e. The van der Waals surface area contributed by atoms with E-state index in [1.54, 1.807) is 16.8 Å². The lowest BCUT2D eigenvalue weighted by Gasteiger charge is -2.18. The number of carbonyl (C=O) groups excluding carboxylic acids is 2. The van der Waals surface area contributed by atoms with Crippen molar-refractivity contribution in [3.05, 3.63) is 82.6 Å². The molecule has 2 amide bonds. The van der Waals surface area contributed by atoms with Gasteiger partial charge in [0.2, 0.25) is 5.91 Å². The van der Waals surface area contributed by atoms with Crippen LogP contribution in [0.15, 0.2) is 60.8 Å². The molecule has 2 N–H and O–H groups in total. The van der Waals surface area contributed by atoms with E-state index in [-0.39, 0.29) is 17.9 Å². The third-order valence-electron chi connectivity index (χ3n) is 5.14. The SMILES string of the molecule is Cc1c(C(=O)NC(Cc2ccccc2)C(=O)NC2CC2)cnn1-c1cccc(Cl)c1. The predicted octanol–water partition coefficient (Wildman–Crippen LogP) is 3.45. The maximum absolute atomic E-state index is 13.0. The van der Waals surface area contributed by atoms with E-state index >= 15 is 0 Å². The molecule has 1 heterocycles. The Labute approximate surface area is 180 Å². The summed E-state index contributed by atoms with van der Waals surface area (Å²) in [6.45, 7) is 1.82. The molecule has 0 saturated heterocycles. The van der Waals surface area contributed by atoms with Gasteiger partial charge in [0, 0.05) is 17.5 Å². The van der Waals surface area contributed by atoms with Gasteiger partial charge in [-0.25, -0.2) is 4.68 Å². The molecule has 0 aliphatic heterocycles. The van der Waals surface area contributed by atoms with Crippen LogP contribution in [0.4, 0.5) is 0 Å². The highest BCUT2D eigenvalue weighted by atomic mass is 35.5. The molecule has 1 aliphatic rings. The Kier molecular flexibility index (Phi) is 5.86. The first-order valence-electron chi connectivity index (χ1n) is 9.97. The van der Waals surface area contributed by atoms with E-state index in [1.165, 1.54) is 6.20 Å². The summed E-state index contributed by atoms with van der Waals surface area (Å²) >= 11 is 6.08. The van der Waals surface area contributed by atoms with Crippen molar-refractivity contribution in [2.24, 2.45) is 0 Å². The highest BCUT2D eigenvalue weighted by Gasteiger charge is 2.29. The molecule has 154 valence electrons. The van der Waals surface area contributed by atoms with Crippen molar-refractivity contribution < 1.29 is 9.59 Å². The number of aromatic nitrogens is 2. The fraction of sp³-hybridized carbons (Fsp3) is 0.261. The summed E-state index contributed by atoms with van der Waals surface area (Å²) in [5.74, 6) is -0.484. The lowest BCUT2D eigenvalue weighted by Crippen LogP contribution is -2.48. The minimum absolute atomic E-state index is 0.158. The van der Waals surface area contributed by atoms with Gasteiger partial charge in [0.25, 0.3) is 5.91 Å². The summed E-state index contributed by atoms with van der Waals surface area (Å²) in [6, 6.07) is 16.5. The van der Waals surface area contributed by atoms with Crippen LogP contribution in [-0.4, -0.2) is 33.7 Å². The molecule has 7 heteroatoms. The van der Waals surface area contributed by atoms with Crippen molar-refractivity contribution in [1.82, 2.24) is 20.4 Å². The second kappa shape index (κ2) is 8.71. The maximum atomic E-state index is 13.0. The maximum Gasteiger partial charge on any atom is 0.255 e. The Hall–Kier alpha value is -3.12. The molecule has 1 unspecified atom stereocenters. The molecular formula is C23H23ClN4O2. The molecule has 30 heavy (non-hydrogen) atoms. The van der Waals surface area contributed by atoms with Crippen molar-refractivity contribution in [2.45, 2.75) is 38.3 Å². The third-order valence-corrected chi connectivity index (χ3v) is 5.37. The first kappa shape index (κ1) is 20.2. The van der Waals surface area contributed by atoms with Crippen LogP contribution in [0.1, 0.15) is 34.5 Å². The van der Waals surface area contributed by atoms with E-state index in [2.05, 4.69) is 15.7 Å². The number of halogens is 1. The van der Waals surface area contributed by atoms with Crippen molar-refractivity contribution in [3.8, 4) is 5.69 Å². The number of nitrogens with one attached hydrogen (secondary N) is 2. The summed E-state index contributed by atoms with van der Waals surface area (Å²) in [4.78, 5) is 25.8. The van der Waals surface area contributed by atoms with Crippen LogP contribution in [0.25, 0.3) is 5.69 Å². The van der Waals surface area contributed by atoms with Gasteiger partial charge in [-0.15, -0.1) is 0 Å². The normalized spacial score (nSPS) is 14.2. The molecule has 0 spiro atoms. The Morgan fingerprint density at radius 3 is 2.63 bits per heavy atom. The molecule has 1 fully saturated rings. The van der Waals surface area contributed by atoms with Gasteiger partial charge in [-0.05, 0) is 43.5 Å². The molecule has 1 atom stereocenters. The van der Waals surface area contributed by atoms with Gasteiger partial charge >= 0.3 is 0 Å². The predicted molar refractivity (Wildman–Crippen MR) is 116 cm³/mol. The number of nitrogens with zero attached hydrogens (tertiary/aromatic N) is 2. The van der Waals surface area contributed by atoms with E-state index in [1.807, 2.05) is 49.4 Å². The number of hydrogen-bond donors (Lipinski definition) is 2. The topological polar surface area (TPSA) is 76.0 Å². The Morgan fingerprint density at radius 1 is 1.17 bits per heavy atom. The van der Waals surface area contributed by atoms with E-state index in [4.69, 9.17) is 11.6 Å². The number of hydrogen-bond acceptors (Lipinski definition) is 3. The molecule has 0 bridgehead atoms. The Bertz CT molecular complexity index is 1060. The molecule has 0 radical (unpaired) electrons. The van der Waals surface area contributed by atoms with Gasteiger partial charge < -0.3 is 10.6 Å². The van der Waals surface area contributed by atoms with Crippen LogP contribution in [0, 0.1) is 6.92 Å². The zero-order valence-electron chi connectivity index (χ0n) is 16.6. The lowest BCUT2D eigenvalue weighted by molar-refractivity contribution is -0.123. The molecule has 6 nitrogen and oxygen atoms in total. The van der Waals surface area contributed by atoms with Crippen LogP contribution in [0.5, 0.6) is 0 Å². The summed E-state index contributed by atoms with van der Waals surface area (Å²) < 4.78 is 1.66. The van der Waals surface area contributed by atoms with Crippen LogP contribution >= 0.6 is 11.6 Å². The second-order valence-corrected chi connectivity index (χ2v) is 7.97. The van der Waals surface area contributed by atoms with Gasteiger partial charge in [-0.1, -0.05) is 48.0 Å². The number of benzene rings is 2. The highest BCUT2D eigenvalue weighted by molar-refractivity contribution is 6.30. The zero-order valence-corrected chi connectivity index (χ0v) is 17.4. The van der Waals surface area contributed by atoms with E-state index in [0.29, 0.717) is 22.7 Å². The fourth-order valence-corrected chi connectivity index (χ4v) is 3.51. The first-order valence-corrected chi connectivity index (χ1v) is 10.3. The monoisotopic (exact) mass is 422 g/mol. The van der Waals surface area contributed by atoms with Gasteiger partial charge in [0.05, 0.1) is 23.1 Å². The molecule has 3 aromatic rings. The smallest absolute Gasteiger partial charge is 0.255 e. The average molecular weight is 423 g/mol. The Morgan fingerprint density at radius 2 is 1.93 bits per heavy atom. The molecule has 4 rings (SSSR count). The molecule has 1 aromatic heterocycles.